The van der Waals surface area contributed by atoms with Crippen LogP contribution < -0.4 is 5.73 Å². The van der Waals surface area contributed by atoms with Crippen molar-refractivity contribution in [1.82, 2.24) is 4.90 Å². The molecule has 1 aliphatic carbocycles. The monoisotopic (exact) mass is 212 g/mol. The van der Waals surface area contributed by atoms with E-state index in [9.17, 15) is 0 Å². The van der Waals surface area contributed by atoms with Gasteiger partial charge < -0.3 is 15.4 Å². The van der Waals surface area contributed by atoms with E-state index in [1.165, 1.54) is 45.2 Å². The summed E-state index contributed by atoms with van der Waals surface area (Å²) in [5.41, 5.74) is 5.67. The lowest BCUT2D eigenvalue weighted by Gasteiger charge is -2.17. The van der Waals surface area contributed by atoms with Crippen molar-refractivity contribution in [2.45, 2.75) is 38.2 Å². The molecule has 1 atom stereocenters. The van der Waals surface area contributed by atoms with Crippen LogP contribution in [0, 0.1) is 5.92 Å². The summed E-state index contributed by atoms with van der Waals surface area (Å²) in [7, 11) is 0. The van der Waals surface area contributed by atoms with Gasteiger partial charge in [0, 0.05) is 13.1 Å². The van der Waals surface area contributed by atoms with Crippen molar-refractivity contribution in [3.63, 3.8) is 0 Å². The first kappa shape index (κ1) is 11.4. The maximum Gasteiger partial charge on any atom is 0.0597 e. The van der Waals surface area contributed by atoms with Crippen molar-refractivity contribution in [3.8, 4) is 0 Å². The minimum absolute atomic E-state index is 0.568. The molecule has 2 N–H and O–H groups in total. The molecule has 0 radical (unpaired) electrons. The number of likely N-dealkylation sites (tertiary alicyclic amines) is 1. The van der Waals surface area contributed by atoms with Crippen molar-refractivity contribution in [1.29, 1.82) is 0 Å². The van der Waals surface area contributed by atoms with E-state index in [1.807, 2.05) is 0 Å². The average molecular weight is 212 g/mol. The first-order valence-electron chi connectivity index (χ1n) is 6.42. The molecule has 15 heavy (non-hydrogen) atoms. The van der Waals surface area contributed by atoms with Crippen LogP contribution in [0.1, 0.15) is 32.1 Å². The molecule has 1 saturated heterocycles. The molecule has 1 unspecified atom stereocenters. The van der Waals surface area contributed by atoms with Gasteiger partial charge in [-0.05, 0) is 38.3 Å². The van der Waals surface area contributed by atoms with Crippen LogP contribution in [0.4, 0.5) is 0 Å². The van der Waals surface area contributed by atoms with E-state index in [0.717, 1.165) is 25.6 Å². The lowest BCUT2D eigenvalue weighted by Crippen LogP contribution is -2.27. The Kier molecular flexibility index (Phi) is 4.42. The summed E-state index contributed by atoms with van der Waals surface area (Å²) in [5, 5.41) is 0. The highest BCUT2D eigenvalue weighted by Crippen LogP contribution is 2.21. The van der Waals surface area contributed by atoms with Gasteiger partial charge in [-0.15, -0.1) is 0 Å². The Labute approximate surface area is 93.0 Å². The van der Waals surface area contributed by atoms with Gasteiger partial charge in [-0.2, -0.15) is 0 Å². The average Bonchev–Trinajstić information content (AvgIpc) is 2.88. The Morgan fingerprint density at radius 1 is 1.20 bits per heavy atom. The fourth-order valence-electron chi connectivity index (χ4n) is 2.71. The van der Waals surface area contributed by atoms with Gasteiger partial charge in [0.05, 0.1) is 12.7 Å². The highest BCUT2D eigenvalue weighted by Gasteiger charge is 2.21. The molecule has 3 heteroatoms. The minimum Gasteiger partial charge on any atom is -0.377 e. The topological polar surface area (TPSA) is 38.5 Å². The Bertz CT molecular complexity index is 180. The third-order valence-corrected chi connectivity index (χ3v) is 3.77. The van der Waals surface area contributed by atoms with Crippen LogP contribution in [0.15, 0.2) is 0 Å². The Morgan fingerprint density at radius 2 is 2.00 bits per heavy atom. The van der Waals surface area contributed by atoms with E-state index in [0.29, 0.717) is 6.10 Å². The number of rotatable bonds is 5. The molecule has 1 heterocycles. The predicted octanol–water partition coefficient (Wildman–Crippen LogP) is 1.23. The summed E-state index contributed by atoms with van der Waals surface area (Å²) < 4.78 is 5.86. The summed E-state index contributed by atoms with van der Waals surface area (Å²) >= 11 is 0. The Morgan fingerprint density at radius 3 is 2.67 bits per heavy atom. The van der Waals surface area contributed by atoms with E-state index in [2.05, 4.69) is 4.90 Å². The maximum absolute atomic E-state index is 5.86. The molecule has 1 aliphatic heterocycles. The van der Waals surface area contributed by atoms with Gasteiger partial charge in [-0.3, -0.25) is 0 Å². The van der Waals surface area contributed by atoms with Gasteiger partial charge in [0.15, 0.2) is 0 Å². The second-order valence-corrected chi connectivity index (χ2v) is 4.97. The molecule has 2 aliphatic rings. The molecule has 1 saturated carbocycles. The second-order valence-electron chi connectivity index (χ2n) is 4.97. The molecule has 3 nitrogen and oxygen atoms in total. The quantitative estimate of drug-likeness (QED) is 0.745. The highest BCUT2D eigenvalue weighted by atomic mass is 16.5. The van der Waals surface area contributed by atoms with Crippen LogP contribution in [0.5, 0.6) is 0 Å². The predicted molar refractivity (Wildman–Crippen MR) is 61.8 cm³/mol. The standard InChI is InChI=1S/C12H24N2O/c13-9-11-5-6-14(10-11)7-8-15-12-3-1-2-4-12/h11-12H,1-10,13H2. The third-order valence-electron chi connectivity index (χ3n) is 3.77. The first-order valence-corrected chi connectivity index (χ1v) is 6.42. The minimum atomic E-state index is 0.568. The van der Waals surface area contributed by atoms with Crippen molar-refractivity contribution in [3.05, 3.63) is 0 Å². The molecule has 0 amide bonds. The number of hydrogen-bond acceptors (Lipinski definition) is 3. The lowest BCUT2D eigenvalue weighted by atomic mass is 10.1. The van der Waals surface area contributed by atoms with Crippen LogP contribution in [0.2, 0.25) is 0 Å². The second kappa shape index (κ2) is 5.83. The number of nitrogens with two attached hydrogens (primary N) is 1. The van der Waals surface area contributed by atoms with E-state index in [1.54, 1.807) is 0 Å². The molecule has 88 valence electrons. The summed E-state index contributed by atoms with van der Waals surface area (Å²) in [6.07, 6.45) is 7.14. The molecule has 0 spiro atoms. The van der Waals surface area contributed by atoms with Crippen LogP contribution in [0.3, 0.4) is 0 Å². The van der Waals surface area contributed by atoms with Crippen LogP contribution in [0.25, 0.3) is 0 Å². The van der Waals surface area contributed by atoms with Gasteiger partial charge in [-0.25, -0.2) is 0 Å². The largest absolute Gasteiger partial charge is 0.377 e. The van der Waals surface area contributed by atoms with Crippen molar-refractivity contribution >= 4 is 0 Å². The molecular weight excluding hydrogens is 188 g/mol. The van der Waals surface area contributed by atoms with E-state index in [-0.39, 0.29) is 0 Å². The molecule has 0 aromatic carbocycles. The van der Waals surface area contributed by atoms with Gasteiger partial charge >= 0.3 is 0 Å². The lowest BCUT2D eigenvalue weighted by molar-refractivity contribution is 0.0450. The summed E-state index contributed by atoms with van der Waals surface area (Å²) in [5.74, 6) is 0.733. The molecule has 2 fully saturated rings. The highest BCUT2D eigenvalue weighted by molar-refractivity contribution is 4.76. The van der Waals surface area contributed by atoms with Gasteiger partial charge in [0.25, 0.3) is 0 Å². The van der Waals surface area contributed by atoms with E-state index >= 15 is 0 Å². The normalized spacial score (nSPS) is 29.0. The number of hydrogen-bond donors (Lipinski definition) is 1. The molecular formula is C12H24N2O. The number of ether oxygens (including phenoxy) is 1. The molecule has 0 aromatic rings. The molecule has 0 bridgehead atoms. The van der Waals surface area contributed by atoms with Gasteiger partial charge in [0.2, 0.25) is 0 Å². The smallest absolute Gasteiger partial charge is 0.0597 e. The molecule has 0 aromatic heterocycles. The van der Waals surface area contributed by atoms with Crippen LogP contribution >= 0.6 is 0 Å². The van der Waals surface area contributed by atoms with Gasteiger partial charge in [0.1, 0.15) is 0 Å². The van der Waals surface area contributed by atoms with Crippen LogP contribution in [-0.2, 0) is 4.74 Å². The zero-order chi connectivity index (χ0) is 10.5. The Hall–Kier alpha value is -0.120. The zero-order valence-electron chi connectivity index (χ0n) is 9.66. The van der Waals surface area contributed by atoms with E-state index < -0.39 is 0 Å². The summed E-state index contributed by atoms with van der Waals surface area (Å²) in [6, 6.07) is 0. The zero-order valence-corrected chi connectivity index (χ0v) is 9.66. The summed E-state index contributed by atoms with van der Waals surface area (Å²) in [6.45, 7) is 5.27. The Balaban J connectivity index is 1.54. The van der Waals surface area contributed by atoms with Crippen LogP contribution in [-0.4, -0.2) is 43.8 Å². The SMILES string of the molecule is NCC1CCN(CCOC2CCCC2)C1. The first-order chi connectivity index (χ1) is 7.38. The fourth-order valence-corrected chi connectivity index (χ4v) is 2.71. The third kappa shape index (κ3) is 3.44. The summed E-state index contributed by atoms with van der Waals surface area (Å²) in [4.78, 5) is 2.49. The van der Waals surface area contributed by atoms with Crippen molar-refractivity contribution in [2.75, 3.05) is 32.8 Å². The number of nitrogens with zero attached hydrogens (tertiary/aromatic N) is 1. The van der Waals surface area contributed by atoms with Gasteiger partial charge in [-0.1, -0.05) is 12.8 Å². The van der Waals surface area contributed by atoms with E-state index in [4.69, 9.17) is 10.5 Å². The fraction of sp³-hybridized carbons (Fsp3) is 1.00. The van der Waals surface area contributed by atoms with Crippen molar-refractivity contribution < 1.29 is 4.74 Å². The maximum atomic E-state index is 5.86. The van der Waals surface area contributed by atoms with Crippen molar-refractivity contribution in [2.24, 2.45) is 11.7 Å². The molecule has 2 rings (SSSR count).